The highest BCUT2D eigenvalue weighted by atomic mass is 79.9. The van der Waals surface area contributed by atoms with Gasteiger partial charge >= 0.3 is 0 Å². The Labute approximate surface area is 137 Å². The number of halogens is 1. The number of hydrogen-bond donors (Lipinski definition) is 2. The first-order valence-electron chi connectivity index (χ1n) is 7.87. The number of carbonyl (C=O) groups excluding carboxylic acids is 1. The van der Waals surface area contributed by atoms with Crippen LogP contribution in [0.3, 0.4) is 0 Å². The fourth-order valence-corrected chi connectivity index (χ4v) is 3.92. The molecule has 1 saturated carbocycles. The molecule has 0 radical (unpaired) electrons. The summed E-state index contributed by atoms with van der Waals surface area (Å²) in [6.07, 6.45) is 5.38. The molecule has 4 nitrogen and oxygen atoms in total. The van der Waals surface area contributed by atoms with Crippen molar-refractivity contribution in [2.75, 3.05) is 6.61 Å². The van der Waals surface area contributed by atoms with Crippen molar-refractivity contribution in [1.82, 2.24) is 10.3 Å². The predicted molar refractivity (Wildman–Crippen MR) is 89.0 cm³/mol. The van der Waals surface area contributed by atoms with Crippen LogP contribution < -0.4 is 5.32 Å². The van der Waals surface area contributed by atoms with Crippen molar-refractivity contribution in [3.05, 3.63) is 34.4 Å². The number of hydrogen-bond acceptors (Lipinski definition) is 2. The van der Waals surface area contributed by atoms with E-state index in [1.165, 1.54) is 6.42 Å². The standard InChI is InChI=1S/C17H19BrN2O2/c18-12-3-2-11-8-15(20-14(11)9-12)16(21)19-13-4-7-22-17(10-13)5-1-6-17/h2-3,8-9,13,20H,1,4-7,10H2,(H,19,21). The highest BCUT2D eigenvalue weighted by Crippen LogP contribution is 2.42. The largest absolute Gasteiger partial charge is 0.375 e. The Hall–Kier alpha value is -1.33. The van der Waals surface area contributed by atoms with E-state index in [0.717, 1.165) is 47.7 Å². The Morgan fingerprint density at radius 2 is 2.23 bits per heavy atom. The number of H-pyrrole nitrogens is 1. The molecule has 0 bridgehead atoms. The third-order valence-electron chi connectivity index (χ3n) is 4.92. The molecule has 22 heavy (non-hydrogen) atoms. The summed E-state index contributed by atoms with van der Waals surface area (Å²) >= 11 is 3.45. The first-order chi connectivity index (χ1) is 10.6. The number of amides is 1. The molecule has 1 aliphatic heterocycles. The number of rotatable bonds is 2. The van der Waals surface area contributed by atoms with E-state index in [0.29, 0.717) is 5.69 Å². The molecule has 1 aliphatic carbocycles. The molecule has 5 heteroatoms. The molecule has 2 fully saturated rings. The molecular weight excluding hydrogens is 344 g/mol. The van der Waals surface area contributed by atoms with E-state index in [2.05, 4.69) is 26.2 Å². The van der Waals surface area contributed by atoms with Crippen LogP contribution in [0.2, 0.25) is 0 Å². The number of benzene rings is 1. The van der Waals surface area contributed by atoms with E-state index in [-0.39, 0.29) is 17.6 Å². The van der Waals surface area contributed by atoms with Gasteiger partial charge in [-0.25, -0.2) is 0 Å². The second-order valence-corrected chi connectivity index (χ2v) is 7.38. The maximum Gasteiger partial charge on any atom is 0.267 e. The van der Waals surface area contributed by atoms with Crippen molar-refractivity contribution in [2.45, 2.75) is 43.7 Å². The topological polar surface area (TPSA) is 54.1 Å². The van der Waals surface area contributed by atoms with Gasteiger partial charge < -0.3 is 15.0 Å². The smallest absolute Gasteiger partial charge is 0.267 e. The molecule has 1 aromatic carbocycles. The fourth-order valence-electron chi connectivity index (χ4n) is 3.56. The lowest BCUT2D eigenvalue weighted by Gasteiger charge is -2.47. The second-order valence-electron chi connectivity index (χ2n) is 6.46. The summed E-state index contributed by atoms with van der Waals surface area (Å²) in [5.74, 6) is -0.0197. The summed E-state index contributed by atoms with van der Waals surface area (Å²) in [4.78, 5) is 15.7. The van der Waals surface area contributed by atoms with Crippen molar-refractivity contribution < 1.29 is 9.53 Å². The predicted octanol–water partition coefficient (Wildman–Crippen LogP) is 3.76. The Balaban J connectivity index is 1.48. The monoisotopic (exact) mass is 362 g/mol. The minimum absolute atomic E-state index is 0.0197. The van der Waals surface area contributed by atoms with Crippen molar-refractivity contribution >= 4 is 32.7 Å². The van der Waals surface area contributed by atoms with Crippen molar-refractivity contribution in [3.8, 4) is 0 Å². The summed E-state index contributed by atoms with van der Waals surface area (Å²) < 4.78 is 6.92. The average Bonchev–Trinajstić information content (AvgIpc) is 2.89. The number of fused-ring (bicyclic) bond motifs is 1. The van der Waals surface area contributed by atoms with Gasteiger partial charge in [0.25, 0.3) is 5.91 Å². The van der Waals surface area contributed by atoms with Gasteiger partial charge in [-0.05, 0) is 50.3 Å². The SMILES string of the molecule is O=C(NC1CCOC2(CCC2)C1)c1cc2ccc(Br)cc2[nH]1. The van der Waals surface area contributed by atoms with Gasteiger partial charge in [-0.2, -0.15) is 0 Å². The third kappa shape index (κ3) is 2.57. The van der Waals surface area contributed by atoms with E-state index >= 15 is 0 Å². The molecule has 1 amide bonds. The first kappa shape index (κ1) is 14.3. The number of carbonyl (C=O) groups is 1. The van der Waals surface area contributed by atoms with Crippen LogP contribution in [-0.2, 0) is 4.74 Å². The third-order valence-corrected chi connectivity index (χ3v) is 5.42. The zero-order valence-corrected chi connectivity index (χ0v) is 13.9. The molecule has 2 N–H and O–H groups in total. The lowest BCUT2D eigenvalue weighted by molar-refractivity contribution is -0.134. The van der Waals surface area contributed by atoms with Crippen LogP contribution in [0.4, 0.5) is 0 Å². The van der Waals surface area contributed by atoms with Crippen LogP contribution in [0.15, 0.2) is 28.7 Å². The summed E-state index contributed by atoms with van der Waals surface area (Å²) in [7, 11) is 0. The molecule has 1 unspecified atom stereocenters. The van der Waals surface area contributed by atoms with E-state index in [4.69, 9.17) is 4.74 Å². The van der Waals surface area contributed by atoms with Crippen LogP contribution in [-0.4, -0.2) is 29.1 Å². The van der Waals surface area contributed by atoms with Gasteiger partial charge in [-0.15, -0.1) is 0 Å². The molecular formula is C17H19BrN2O2. The molecule has 1 aromatic heterocycles. The number of aromatic nitrogens is 1. The molecule has 1 saturated heterocycles. The molecule has 2 aliphatic rings. The van der Waals surface area contributed by atoms with Gasteiger partial charge in [0.2, 0.25) is 0 Å². The van der Waals surface area contributed by atoms with Crippen molar-refractivity contribution in [1.29, 1.82) is 0 Å². The van der Waals surface area contributed by atoms with E-state index < -0.39 is 0 Å². The highest BCUT2D eigenvalue weighted by Gasteiger charge is 2.42. The summed E-state index contributed by atoms with van der Waals surface area (Å²) in [5.41, 5.74) is 1.66. The molecule has 116 valence electrons. The Bertz CT molecular complexity index is 721. The normalized spacial score (nSPS) is 23.4. The van der Waals surface area contributed by atoms with E-state index in [1.807, 2.05) is 24.3 Å². The number of aromatic amines is 1. The van der Waals surface area contributed by atoms with Crippen LogP contribution >= 0.6 is 15.9 Å². The Morgan fingerprint density at radius 3 is 3.00 bits per heavy atom. The fraction of sp³-hybridized carbons (Fsp3) is 0.471. The Morgan fingerprint density at radius 1 is 1.36 bits per heavy atom. The van der Waals surface area contributed by atoms with Crippen LogP contribution in [0.5, 0.6) is 0 Å². The minimum atomic E-state index is -0.0197. The molecule has 1 atom stereocenters. The zero-order valence-electron chi connectivity index (χ0n) is 12.3. The van der Waals surface area contributed by atoms with Gasteiger partial charge in [-0.3, -0.25) is 4.79 Å². The number of nitrogens with one attached hydrogen (secondary N) is 2. The molecule has 4 rings (SSSR count). The average molecular weight is 363 g/mol. The van der Waals surface area contributed by atoms with Gasteiger partial charge in [0.15, 0.2) is 0 Å². The summed E-state index contributed by atoms with van der Waals surface area (Å²) in [6, 6.07) is 8.11. The zero-order chi connectivity index (χ0) is 15.2. The lowest BCUT2D eigenvalue weighted by Crippen LogP contribution is -2.52. The summed E-state index contributed by atoms with van der Waals surface area (Å²) in [6.45, 7) is 0.755. The van der Waals surface area contributed by atoms with Gasteiger partial charge in [0, 0.05) is 28.0 Å². The van der Waals surface area contributed by atoms with Crippen molar-refractivity contribution in [3.63, 3.8) is 0 Å². The molecule has 2 aromatic rings. The molecule has 2 heterocycles. The first-order valence-corrected chi connectivity index (χ1v) is 8.66. The van der Waals surface area contributed by atoms with Crippen molar-refractivity contribution in [2.24, 2.45) is 0 Å². The van der Waals surface area contributed by atoms with Gasteiger partial charge in [0.05, 0.1) is 5.60 Å². The van der Waals surface area contributed by atoms with Crippen LogP contribution in [0.25, 0.3) is 10.9 Å². The maximum atomic E-state index is 12.5. The van der Waals surface area contributed by atoms with Crippen LogP contribution in [0, 0.1) is 0 Å². The van der Waals surface area contributed by atoms with E-state index in [9.17, 15) is 4.79 Å². The maximum absolute atomic E-state index is 12.5. The minimum Gasteiger partial charge on any atom is -0.375 e. The highest BCUT2D eigenvalue weighted by molar-refractivity contribution is 9.10. The van der Waals surface area contributed by atoms with Crippen LogP contribution in [0.1, 0.15) is 42.6 Å². The summed E-state index contributed by atoms with van der Waals surface area (Å²) in [5, 5.41) is 4.22. The molecule has 1 spiro atoms. The number of ether oxygens (including phenoxy) is 1. The lowest BCUT2D eigenvalue weighted by atomic mass is 9.74. The van der Waals surface area contributed by atoms with Gasteiger partial charge in [0.1, 0.15) is 5.69 Å². The Kier molecular flexibility index (Phi) is 3.50. The quantitative estimate of drug-likeness (QED) is 0.854. The second kappa shape index (κ2) is 5.39. The van der Waals surface area contributed by atoms with E-state index in [1.54, 1.807) is 0 Å². The van der Waals surface area contributed by atoms with Gasteiger partial charge in [-0.1, -0.05) is 22.0 Å².